The molecule has 2 N–H and O–H groups in total. The van der Waals surface area contributed by atoms with Crippen molar-refractivity contribution in [2.75, 3.05) is 4.90 Å². The summed E-state index contributed by atoms with van der Waals surface area (Å²) >= 11 is 0. The number of amides is 1. The molecule has 0 bridgehead atoms. The zero-order valence-corrected chi connectivity index (χ0v) is 10.1. The van der Waals surface area contributed by atoms with Crippen LogP contribution in [0, 0.1) is 24.2 Å². The number of carbonyl (C=O) groups excluding carboxylic acids is 1. The van der Waals surface area contributed by atoms with Crippen LogP contribution in [0.2, 0.25) is 0 Å². The van der Waals surface area contributed by atoms with Gasteiger partial charge in [0, 0.05) is 11.6 Å². The van der Waals surface area contributed by atoms with Crippen molar-refractivity contribution < 1.29 is 9.18 Å². The normalized spacial score (nSPS) is 14.7. The molecule has 1 aromatic rings. The summed E-state index contributed by atoms with van der Waals surface area (Å²) in [7, 11) is 0. The van der Waals surface area contributed by atoms with E-state index < -0.39 is 11.7 Å². The van der Waals surface area contributed by atoms with Crippen molar-refractivity contribution in [2.24, 2.45) is 5.73 Å². The van der Waals surface area contributed by atoms with Crippen LogP contribution in [0.1, 0.15) is 35.2 Å². The summed E-state index contributed by atoms with van der Waals surface area (Å²) in [5, 5.41) is 9.17. The van der Waals surface area contributed by atoms with Crippen molar-refractivity contribution in [1.82, 2.24) is 0 Å². The van der Waals surface area contributed by atoms with Crippen LogP contribution in [-0.2, 0) is 0 Å². The van der Waals surface area contributed by atoms with Crippen molar-refractivity contribution in [1.29, 1.82) is 5.26 Å². The number of primary amides is 1. The Morgan fingerprint density at radius 1 is 1.56 bits per heavy atom. The van der Waals surface area contributed by atoms with E-state index >= 15 is 0 Å². The monoisotopic (exact) mass is 247 g/mol. The van der Waals surface area contributed by atoms with Gasteiger partial charge in [0.1, 0.15) is 5.82 Å². The zero-order chi connectivity index (χ0) is 13.3. The molecule has 1 amide bonds. The van der Waals surface area contributed by atoms with Crippen molar-refractivity contribution in [3.05, 3.63) is 29.1 Å². The van der Waals surface area contributed by atoms with Crippen molar-refractivity contribution in [3.63, 3.8) is 0 Å². The molecule has 2 rings (SSSR count). The van der Waals surface area contributed by atoms with Crippen LogP contribution in [0.25, 0.3) is 0 Å². The standard InChI is InChI=1S/C13H14FN3O/c1-8-11(17(7-15)9-3-2-4-9)6-5-10(12(8)14)13(16)18/h5-6,9H,2-4H2,1H3,(H2,16,18). The van der Waals surface area contributed by atoms with Crippen LogP contribution >= 0.6 is 0 Å². The fourth-order valence-corrected chi connectivity index (χ4v) is 2.10. The second-order valence-electron chi connectivity index (χ2n) is 4.49. The zero-order valence-electron chi connectivity index (χ0n) is 10.1. The van der Waals surface area contributed by atoms with Crippen LogP contribution < -0.4 is 10.6 Å². The van der Waals surface area contributed by atoms with E-state index in [9.17, 15) is 14.4 Å². The van der Waals surface area contributed by atoms with Gasteiger partial charge in [-0.15, -0.1) is 0 Å². The highest BCUT2D eigenvalue weighted by atomic mass is 19.1. The number of hydrogen-bond acceptors (Lipinski definition) is 3. The lowest BCUT2D eigenvalue weighted by atomic mass is 9.91. The molecule has 5 heteroatoms. The van der Waals surface area contributed by atoms with E-state index in [-0.39, 0.29) is 11.6 Å². The third-order valence-electron chi connectivity index (χ3n) is 3.43. The second kappa shape index (κ2) is 4.65. The van der Waals surface area contributed by atoms with Crippen molar-refractivity contribution in [3.8, 4) is 6.19 Å². The number of anilines is 1. The molecular formula is C13H14FN3O. The first-order valence-corrected chi connectivity index (χ1v) is 5.84. The summed E-state index contributed by atoms with van der Waals surface area (Å²) in [5.74, 6) is -1.44. The number of nitrogens with zero attached hydrogens (tertiary/aromatic N) is 2. The van der Waals surface area contributed by atoms with Crippen LogP contribution in [-0.4, -0.2) is 11.9 Å². The molecule has 0 atom stereocenters. The average Bonchev–Trinajstić information content (AvgIpc) is 2.27. The van der Waals surface area contributed by atoms with E-state index in [1.165, 1.54) is 11.0 Å². The molecule has 1 saturated carbocycles. The minimum Gasteiger partial charge on any atom is -0.366 e. The number of hydrogen-bond donors (Lipinski definition) is 1. The number of halogens is 1. The minimum absolute atomic E-state index is 0.136. The lowest BCUT2D eigenvalue weighted by Gasteiger charge is -2.34. The Morgan fingerprint density at radius 2 is 2.22 bits per heavy atom. The maximum absolute atomic E-state index is 14.0. The van der Waals surface area contributed by atoms with Gasteiger partial charge in [0.15, 0.2) is 6.19 Å². The SMILES string of the molecule is Cc1c(N(C#N)C2CCC2)ccc(C(N)=O)c1F. The molecule has 1 fully saturated rings. The highest BCUT2D eigenvalue weighted by Gasteiger charge is 2.27. The van der Waals surface area contributed by atoms with E-state index in [0.717, 1.165) is 19.3 Å². The summed E-state index contributed by atoms with van der Waals surface area (Å²) in [6.45, 7) is 1.56. The smallest absolute Gasteiger partial charge is 0.251 e. The van der Waals surface area contributed by atoms with E-state index in [1.807, 2.05) is 0 Å². The molecule has 94 valence electrons. The predicted octanol–water partition coefficient (Wildman–Crippen LogP) is 2.07. The van der Waals surface area contributed by atoms with E-state index in [0.29, 0.717) is 11.3 Å². The Hall–Kier alpha value is -2.09. The molecule has 0 saturated heterocycles. The average molecular weight is 247 g/mol. The van der Waals surface area contributed by atoms with Gasteiger partial charge in [-0.2, -0.15) is 5.26 Å². The fraction of sp³-hybridized carbons (Fsp3) is 0.385. The number of rotatable bonds is 3. The van der Waals surface area contributed by atoms with Crippen molar-refractivity contribution in [2.45, 2.75) is 32.2 Å². The number of benzene rings is 1. The van der Waals surface area contributed by atoms with Crippen LogP contribution in [0.5, 0.6) is 0 Å². The molecule has 0 aliphatic heterocycles. The Balaban J connectivity index is 2.43. The first kappa shape index (κ1) is 12.4. The maximum Gasteiger partial charge on any atom is 0.251 e. The maximum atomic E-state index is 14.0. The minimum atomic E-state index is -0.797. The first-order valence-electron chi connectivity index (χ1n) is 5.84. The molecular weight excluding hydrogens is 233 g/mol. The molecule has 0 unspecified atom stereocenters. The van der Waals surface area contributed by atoms with E-state index in [1.54, 1.807) is 13.0 Å². The van der Waals surface area contributed by atoms with E-state index in [2.05, 4.69) is 6.19 Å². The van der Waals surface area contributed by atoms with Gasteiger partial charge in [0.25, 0.3) is 5.91 Å². The van der Waals surface area contributed by atoms with Gasteiger partial charge in [-0.3, -0.25) is 9.69 Å². The van der Waals surface area contributed by atoms with Gasteiger partial charge >= 0.3 is 0 Å². The Kier molecular flexibility index (Phi) is 3.19. The lowest BCUT2D eigenvalue weighted by molar-refractivity contribution is 0.0996. The van der Waals surface area contributed by atoms with Gasteiger partial charge in [-0.1, -0.05) is 0 Å². The van der Waals surface area contributed by atoms with Crippen molar-refractivity contribution >= 4 is 11.6 Å². The van der Waals surface area contributed by atoms with Gasteiger partial charge in [-0.05, 0) is 38.3 Å². The Morgan fingerprint density at radius 3 is 2.67 bits per heavy atom. The van der Waals surface area contributed by atoms with E-state index in [4.69, 9.17) is 5.73 Å². The molecule has 1 aliphatic carbocycles. The summed E-state index contributed by atoms with van der Waals surface area (Å²) in [6, 6.07) is 3.07. The molecule has 1 aliphatic rings. The van der Waals surface area contributed by atoms with Gasteiger partial charge in [0.2, 0.25) is 0 Å². The molecule has 1 aromatic carbocycles. The predicted molar refractivity (Wildman–Crippen MR) is 65.4 cm³/mol. The highest BCUT2D eigenvalue weighted by Crippen LogP contribution is 2.32. The molecule has 4 nitrogen and oxygen atoms in total. The molecule has 0 radical (unpaired) electrons. The van der Waals surface area contributed by atoms with Gasteiger partial charge < -0.3 is 5.73 Å². The molecule has 18 heavy (non-hydrogen) atoms. The number of carbonyl (C=O) groups is 1. The summed E-state index contributed by atoms with van der Waals surface area (Å²) in [6.07, 6.45) is 5.05. The lowest BCUT2D eigenvalue weighted by Crippen LogP contribution is -2.37. The Bertz CT molecular complexity index is 532. The third kappa shape index (κ3) is 1.90. The quantitative estimate of drug-likeness (QED) is 0.656. The summed E-state index contributed by atoms with van der Waals surface area (Å²) in [4.78, 5) is 12.6. The molecule has 0 spiro atoms. The summed E-state index contributed by atoms with van der Waals surface area (Å²) in [5.41, 5.74) is 5.76. The number of nitrogens with two attached hydrogens (primary N) is 1. The number of nitriles is 1. The van der Waals surface area contributed by atoms with Crippen LogP contribution in [0.15, 0.2) is 12.1 Å². The van der Waals surface area contributed by atoms with Gasteiger partial charge in [0.05, 0.1) is 11.3 Å². The highest BCUT2D eigenvalue weighted by molar-refractivity contribution is 5.94. The molecule has 0 heterocycles. The molecule has 0 aromatic heterocycles. The summed E-state index contributed by atoms with van der Waals surface area (Å²) < 4.78 is 14.0. The Labute approximate surface area is 105 Å². The van der Waals surface area contributed by atoms with Crippen LogP contribution in [0.4, 0.5) is 10.1 Å². The fourth-order valence-electron chi connectivity index (χ4n) is 2.10. The van der Waals surface area contributed by atoms with Crippen LogP contribution in [0.3, 0.4) is 0 Å². The second-order valence-corrected chi connectivity index (χ2v) is 4.49. The first-order chi connectivity index (χ1) is 8.56. The largest absolute Gasteiger partial charge is 0.366 e. The topological polar surface area (TPSA) is 70.1 Å². The third-order valence-corrected chi connectivity index (χ3v) is 3.43. The van der Waals surface area contributed by atoms with Gasteiger partial charge in [-0.25, -0.2) is 4.39 Å².